The number of hydrogen-bond acceptors (Lipinski definition) is 2. The van der Waals surface area contributed by atoms with Crippen LogP contribution in [-0.2, 0) is 4.74 Å². The van der Waals surface area contributed by atoms with Crippen LogP contribution >= 0.6 is 0 Å². The quantitative estimate of drug-likeness (QED) is 0.704. The van der Waals surface area contributed by atoms with Gasteiger partial charge in [-0.15, -0.1) is 0 Å². The molecular weight excluding hydrogens is 176 g/mol. The monoisotopic (exact) mass is 198 g/mol. The Hall–Kier alpha value is -0.0800. The van der Waals surface area contributed by atoms with E-state index >= 15 is 0 Å². The lowest BCUT2D eigenvalue weighted by Gasteiger charge is -2.23. The number of hydrogen-bond donors (Lipinski definition) is 1. The lowest BCUT2D eigenvalue weighted by molar-refractivity contribution is -0.0397. The second kappa shape index (κ2) is 4.63. The van der Waals surface area contributed by atoms with Gasteiger partial charge >= 0.3 is 0 Å². The maximum Gasteiger partial charge on any atom is 0.0687 e. The van der Waals surface area contributed by atoms with Crippen LogP contribution in [0.1, 0.15) is 57.8 Å². The molecule has 0 aromatic carbocycles. The maximum absolute atomic E-state index is 8.70. The van der Waals surface area contributed by atoms with Crippen LogP contribution < -0.4 is 0 Å². The van der Waals surface area contributed by atoms with Gasteiger partial charge in [0.1, 0.15) is 0 Å². The van der Waals surface area contributed by atoms with Crippen molar-refractivity contribution < 1.29 is 9.84 Å². The summed E-state index contributed by atoms with van der Waals surface area (Å²) in [4.78, 5) is 0. The van der Waals surface area contributed by atoms with E-state index in [1.54, 1.807) is 0 Å². The summed E-state index contributed by atoms with van der Waals surface area (Å²) in [6.45, 7) is 0.331. The van der Waals surface area contributed by atoms with E-state index in [0.717, 1.165) is 19.3 Å². The molecule has 2 fully saturated rings. The number of aliphatic hydroxyl groups excluding tert-OH is 1. The van der Waals surface area contributed by atoms with Crippen molar-refractivity contribution in [1.82, 2.24) is 0 Å². The van der Waals surface area contributed by atoms with E-state index in [1.165, 1.54) is 38.5 Å². The van der Waals surface area contributed by atoms with Crippen LogP contribution in [0.5, 0.6) is 0 Å². The molecule has 2 heteroatoms. The molecule has 1 aliphatic carbocycles. The van der Waals surface area contributed by atoms with Crippen LogP contribution in [0.3, 0.4) is 0 Å². The van der Waals surface area contributed by atoms with Crippen LogP contribution in [0.15, 0.2) is 0 Å². The molecule has 0 aromatic heterocycles. The van der Waals surface area contributed by atoms with Gasteiger partial charge in [-0.3, -0.25) is 0 Å². The molecule has 1 atom stereocenters. The minimum absolute atomic E-state index is 0.296. The Kier molecular flexibility index (Phi) is 3.45. The Bertz CT molecular complexity index is 173. The highest BCUT2D eigenvalue weighted by Crippen LogP contribution is 2.44. The zero-order chi connectivity index (χ0) is 9.86. The fourth-order valence-electron chi connectivity index (χ4n) is 2.97. The van der Waals surface area contributed by atoms with Crippen molar-refractivity contribution in [3.63, 3.8) is 0 Å². The molecule has 2 nitrogen and oxygen atoms in total. The average Bonchev–Trinajstić information content (AvgIpc) is 2.79. The highest BCUT2D eigenvalue weighted by molar-refractivity contribution is 4.92. The van der Waals surface area contributed by atoms with Gasteiger partial charge in [0.2, 0.25) is 0 Å². The van der Waals surface area contributed by atoms with E-state index in [9.17, 15) is 0 Å². The molecule has 0 radical (unpaired) electrons. The van der Waals surface area contributed by atoms with E-state index in [-0.39, 0.29) is 0 Å². The molecule has 1 N–H and O–H groups in total. The normalized spacial score (nSPS) is 30.2. The molecule has 0 amide bonds. The third-order valence-electron chi connectivity index (χ3n) is 3.79. The smallest absolute Gasteiger partial charge is 0.0687 e. The number of unbranched alkanes of at least 4 members (excludes halogenated alkanes) is 1. The first-order valence-corrected chi connectivity index (χ1v) is 6.13. The number of ether oxygens (including phenoxy) is 1. The van der Waals surface area contributed by atoms with Crippen LogP contribution in [0.25, 0.3) is 0 Å². The van der Waals surface area contributed by atoms with E-state index < -0.39 is 0 Å². The zero-order valence-corrected chi connectivity index (χ0v) is 9.00. The standard InChI is InChI=1S/C12H22O2/c13-10-4-1-5-11-6-9-12(14-11)7-2-3-8-12/h11,13H,1-10H2. The van der Waals surface area contributed by atoms with Crippen LogP contribution in [0.4, 0.5) is 0 Å². The molecule has 2 aliphatic rings. The Balaban J connectivity index is 1.71. The molecular formula is C12H22O2. The second-order valence-corrected chi connectivity index (χ2v) is 4.89. The minimum atomic E-state index is 0.296. The predicted molar refractivity (Wildman–Crippen MR) is 56.2 cm³/mol. The first-order valence-electron chi connectivity index (χ1n) is 6.13. The SMILES string of the molecule is OCCCCC1CCC2(CCCC2)O1. The summed E-state index contributed by atoms with van der Waals surface area (Å²) in [7, 11) is 0. The van der Waals surface area contributed by atoms with E-state index in [1.807, 2.05) is 0 Å². The van der Waals surface area contributed by atoms with Gasteiger partial charge in [0.05, 0.1) is 11.7 Å². The predicted octanol–water partition coefficient (Wildman–Crippen LogP) is 2.64. The van der Waals surface area contributed by atoms with Crippen molar-refractivity contribution in [3.05, 3.63) is 0 Å². The first kappa shape index (κ1) is 10.4. The van der Waals surface area contributed by atoms with Crippen molar-refractivity contribution in [3.8, 4) is 0 Å². The summed E-state index contributed by atoms with van der Waals surface area (Å²) in [6, 6.07) is 0. The Morgan fingerprint density at radius 3 is 2.64 bits per heavy atom. The van der Waals surface area contributed by atoms with Crippen molar-refractivity contribution in [2.24, 2.45) is 0 Å². The Morgan fingerprint density at radius 1 is 1.14 bits per heavy atom. The first-order chi connectivity index (χ1) is 6.85. The Morgan fingerprint density at radius 2 is 1.93 bits per heavy atom. The fourth-order valence-corrected chi connectivity index (χ4v) is 2.97. The van der Waals surface area contributed by atoms with Gasteiger partial charge < -0.3 is 9.84 Å². The van der Waals surface area contributed by atoms with Crippen molar-refractivity contribution in [1.29, 1.82) is 0 Å². The van der Waals surface area contributed by atoms with E-state index in [0.29, 0.717) is 18.3 Å². The molecule has 0 aromatic rings. The minimum Gasteiger partial charge on any atom is -0.396 e. The summed E-state index contributed by atoms with van der Waals surface area (Å²) in [5, 5.41) is 8.70. The third-order valence-corrected chi connectivity index (χ3v) is 3.79. The summed E-state index contributed by atoms with van der Waals surface area (Å²) >= 11 is 0. The average molecular weight is 198 g/mol. The molecule has 1 heterocycles. The number of rotatable bonds is 4. The van der Waals surface area contributed by atoms with Gasteiger partial charge in [0.15, 0.2) is 0 Å². The van der Waals surface area contributed by atoms with Gasteiger partial charge in [-0.05, 0) is 44.9 Å². The van der Waals surface area contributed by atoms with Gasteiger partial charge in [0.25, 0.3) is 0 Å². The fraction of sp³-hybridized carbons (Fsp3) is 1.00. The molecule has 1 saturated heterocycles. The molecule has 0 bridgehead atoms. The van der Waals surface area contributed by atoms with Crippen molar-refractivity contribution in [2.75, 3.05) is 6.61 Å². The molecule has 1 unspecified atom stereocenters. The van der Waals surface area contributed by atoms with Crippen LogP contribution in [0.2, 0.25) is 0 Å². The highest BCUT2D eigenvalue weighted by Gasteiger charge is 2.41. The van der Waals surface area contributed by atoms with Crippen LogP contribution in [-0.4, -0.2) is 23.4 Å². The third kappa shape index (κ3) is 2.29. The largest absolute Gasteiger partial charge is 0.396 e. The van der Waals surface area contributed by atoms with Gasteiger partial charge in [-0.2, -0.15) is 0 Å². The summed E-state index contributed by atoms with van der Waals surface area (Å²) in [5.41, 5.74) is 0.296. The lowest BCUT2D eigenvalue weighted by Crippen LogP contribution is -2.24. The van der Waals surface area contributed by atoms with Gasteiger partial charge in [-0.1, -0.05) is 12.8 Å². The van der Waals surface area contributed by atoms with Crippen LogP contribution in [0, 0.1) is 0 Å². The summed E-state index contributed by atoms with van der Waals surface area (Å²) < 4.78 is 6.17. The molecule has 14 heavy (non-hydrogen) atoms. The van der Waals surface area contributed by atoms with E-state index in [4.69, 9.17) is 9.84 Å². The molecule has 82 valence electrons. The molecule has 1 saturated carbocycles. The van der Waals surface area contributed by atoms with Crippen molar-refractivity contribution in [2.45, 2.75) is 69.5 Å². The topological polar surface area (TPSA) is 29.5 Å². The zero-order valence-electron chi connectivity index (χ0n) is 9.00. The molecule has 1 aliphatic heterocycles. The second-order valence-electron chi connectivity index (χ2n) is 4.89. The Labute approximate surface area is 86.6 Å². The van der Waals surface area contributed by atoms with E-state index in [2.05, 4.69) is 0 Å². The summed E-state index contributed by atoms with van der Waals surface area (Å²) in [5.74, 6) is 0. The lowest BCUT2D eigenvalue weighted by atomic mass is 9.98. The number of aliphatic hydroxyl groups is 1. The van der Waals surface area contributed by atoms with Crippen molar-refractivity contribution >= 4 is 0 Å². The van der Waals surface area contributed by atoms with Gasteiger partial charge in [0, 0.05) is 6.61 Å². The van der Waals surface area contributed by atoms with Gasteiger partial charge in [-0.25, -0.2) is 0 Å². The molecule has 1 spiro atoms. The maximum atomic E-state index is 8.70. The molecule has 2 rings (SSSR count). The summed E-state index contributed by atoms with van der Waals surface area (Å²) in [6.07, 6.45) is 11.6. The highest BCUT2D eigenvalue weighted by atomic mass is 16.5.